The molecule has 1 aromatic carbocycles. The summed E-state index contributed by atoms with van der Waals surface area (Å²) in [5, 5.41) is 0. The van der Waals surface area contributed by atoms with E-state index in [1.54, 1.807) is 7.11 Å². The molecule has 6 heteroatoms. The molecule has 2 saturated heterocycles. The fraction of sp³-hybridized carbons (Fsp3) is 0.700. The van der Waals surface area contributed by atoms with Gasteiger partial charge in [0.25, 0.3) is 0 Å². The van der Waals surface area contributed by atoms with Gasteiger partial charge in [0.1, 0.15) is 0 Å². The summed E-state index contributed by atoms with van der Waals surface area (Å²) < 4.78 is 32.6. The first-order chi connectivity index (χ1) is 12.5. The van der Waals surface area contributed by atoms with Crippen LogP contribution >= 0.6 is 0 Å². The number of aryl methyl sites for hydroxylation is 1. The molecule has 0 bridgehead atoms. The van der Waals surface area contributed by atoms with Crippen LogP contribution < -0.4 is 0 Å². The van der Waals surface area contributed by atoms with E-state index in [1.165, 1.54) is 16.7 Å². The first-order valence-electron chi connectivity index (χ1n) is 9.81. The van der Waals surface area contributed by atoms with Crippen LogP contribution in [0.2, 0.25) is 0 Å². The van der Waals surface area contributed by atoms with Crippen molar-refractivity contribution in [2.45, 2.75) is 44.7 Å². The summed E-state index contributed by atoms with van der Waals surface area (Å²) in [4.78, 5) is 2.61. The zero-order chi connectivity index (χ0) is 18.3. The molecule has 144 valence electrons. The highest BCUT2D eigenvalue weighted by Gasteiger charge is 2.45. The van der Waals surface area contributed by atoms with Crippen molar-refractivity contribution < 1.29 is 13.2 Å². The van der Waals surface area contributed by atoms with Crippen molar-refractivity contribution in [2.24, 2.45) is 5.92 Å². The molecule has 0 saturated carbocycles. The highest BCUT2D eigenvalue weighted by molar-refractivity contribution is 7.89. The van der Waals surface area contributed by atoms with Crippen LogP contribution in [0.5, 0.6) is 0 Å². The second-order valence-electron chi connectivity index (χ2n) is 8.09. The summed E-state index contributed by atoms with van der Waals surface area (Å²) in [5.74, 6) is 0.556. The van der Waals surface area contributed by atoms with Crippen LogP contribution in [-0.4, -0.2) is 62.8 Å². The Morgan fingerprint density at radius 2 is 2.12 bits per heavy atom. The molecule has 3 heterocycles. The average molecular weight is 379 g/mol. The molecular weight excluding hydrogens is 348 g/mol. The van der Waals surface area contributed by atoms with Gasteiger partial charge >= 0.3 is 0 Å². The maximum atomic E-state index is 12.9. The molecule has 0 amide bonds. The Hall–Kier alpha value is -0.950. The van der Waals surface area contributed by atoms with E-state index in [-0.39, 0.29) is 18.4 Å². The fourth-order valence-corrected chi connectivity index (χ4v) is 6.86. The number of sulfonamides is 1. The Balaban J connectivity index is 1.62. The maximum Gasteiger partial charge on any atom is 0.216 e. The summed E-state index contributed by atoms with van der Waals surface area (Å²) in [5.41, 5.74) is 4.16. The van der Waals surface area contributed by atoms with E-state index in [9.17, 15) is 8.42 Å². The summed E-state index contributed by atoms with van der Waals surface area (Å²) >= 11 is 0. The third-order valence-corrected chi connectivity index (χ3v) is 8.32. The van der Waals surface area contributed by atoms with E-state index in [0.717, 1.165) is 38.8 Å². The number of ether oxygens (including phenoxy) is 1. The fourth-order valence-electron chi connectivity index (χ4n) is 5.17. The molecule has 26 heavy (non-hydrogen) atoms. The molecule has 5 nitrogen and oxygen atoms in total. The third kappa shape index (κ3) is 3.33. The van der Waals surface area contributed by atoms with E-state index in [1.807, 2.05) is 4.31 Å². The number of rotatable bonds is 4. The first-order valence-corrected chi connectivity index (χ1v) is 11.4. The van der Waals surface area contributed by atoms with Crippen LogP contribution in [0.4, 0.5) is 0 Å². The quantitative estimate of drug-likeness (QED) is 0.807. The van der Waals surface area contributed by atoms with Crippen molar-refractivity contribution >= 4 is 10.0 Å². The van der Waals surface area contributed by atoms with Crippen LogP contribution in [-0.2, 0) is 21.2 Å². The number of piperidine rings is 2. The second kappa shape index (κ2) is 7.23. The zero-order valence-electron chi connectivity index (χ0n) is 15.9. The lowest BCUT2D eigenvalue weighted by Gasteiger charge is -2.51. The minimum atomic E-state index is -3.25. The molecule has 3 atom stereocenters. The van der Waals surface area contributed by atoms with Gasteiger partial charge in [-0.3, -0.25) is 4.90 Å². The Kier molecular flexibility index (Phi) is 5.12. The van der Waals surface area contributed by atoms with Gasteiger partial charge in [-0.05, 0) is 49.7 Å². The van der Waals surface area contributed by atoms with Gasteiger partial charge < -0.3 is 4.74 Å². The zero-order valence-corrected chi connectivity index (χ0v) is 16.7. The Labute approximate surface area is 157 Å². The van der Waals surface area contributed by atoms with Crippen LogP contribution in [0.25, 0.3) is 0 Å². The molecule has 0 spiro atoms. The van der Waals surface area contributed by atoms with Crippen LogP contribution in [0, 0.1) is 12.8 Å². The van der Waals surface area contributed by atoms with Crippen molar-refractivity contribution in [3.05, 3.63) is 34.9 Å². The SMILES string of the molecule is COCCS(=O)(=O)N1CCC[C@@H]2CN3CCc4ccc(C)cc4[C@H]3C[C@@H]21. The van der Waals surface area contributed by atoms with Gasteiger partial charge in [0.2, 0.25) is 10.0 Å². The number of benzene rings is 1. The molecule has 0 N–H and O–H groups in total. The van der Waals surface area contributed by atoms with Gasteiger partial charge in [-0.15, -0.1) is 0 Å². The minimum absolute atomic E-state index is 0.0940. The first kappa shape index (κ1) is 18.4. The van der Waals surface area contributed by atoms with Crippen molar-refractivity contribution in [1.29, 1.82) is 0 Å². The van der Waals surface area contributed by atoms with E-state index < -0.39 is 10.0 Å². The number of methoxy groups -OCH3 is 1. The highest BCUT2D eigenvalue weighted by atomic mass is 32.2. The molecule has 1 aromatic rings. The van der Waals surface area contributed by atoms with Crippen LogP contribution in [0.1, 0.15) is 42.0 Å². The smallest absolute Gasteiger partial charge is 0.216 e. The van der Waals surface area contributed by atoms with Gasteiger partial charge in [-0.25, -0.2) is 8.42 Å². The van der Waals surface area contributed by atoms with E-state index in [4.69, 9.17) is 4.74 Å². The molecule has 0 aliphatic carbocycles. The monoisotopic (exact) mass is 378 g/mol. The lowest BCUT2D eigenvalue weighted by Crippen LogP contribution is -2.57. The molecular formula is C20H30N2O3S. The van der Waals surface area contributed by atoms with Gasteiger partial charge in [0.15, 0.2) is 0 Å². The molecule has 0 aromatic heterocycles. The Morgan fingerprint density at radius 3 is 2.92 bits per heavy atom. The van der Waals surface area contributed by atoms with Gasteiger partial charge in [0, 0.05) is 38.8 Å². The lowest BCUT2D eigenvalue weighted by atomic mass is 9.77. The molecule has 3 aliphatic heterocycles. The van der Waals surface area contributed by atoms with Crippen LogP contribution in [0.3, 0.4) is 0 Å². The van der Waals surface area contributed by atoms with Gasteiger partial charge in [-0.1, -0.05) is 23.8 Å². The van der Waals surface area contributed by atoms with Gasteiger partial charge in [0.05, 0.1) is 12.4 Å². The Morgan fingerprint density at radius 1 is 1.27 bits per heavy atom. The van der Waals surface area contributed by atoms with Gasteiger partial charge in [-0.2, -0.15) is 4.31 Å². The minimum Gasteiger partial charge on any atom is -0.384 e. The molecule has 0 unspecified atom stereocenters. The number of nitrogens with zero attached hydrogens (tertiary/aromatic N) is 2. The van der Waals surface area contributed by atoms with E-state index in [2.05, 4.69) is 30.0 Å². The van der Waals surface area contributed by atoms with Crippen molar-refractivity contribution in [3.63, 3.8) is 0 Å². The second-order valence-corrected chi connectivity index (χ2v) is 10.1. The summed E-state index contributed by atoms with van der Waals surface area (Å²) in [6, 6.07) is 7.28. The average Bonchev–Trinajstić information content (AvgIpc) is 2.64. The van der Waals surface area contributed by atoms with Crippen LogP contribution in [0.15, 0.2) is 18.2 Å². The normalized spacial score (nSPS) is 29.7. The summed E-state index contributed by atoms with van der Waals surface area (Å²) in [6.45, 7) is 5.21. The van der Waals surface area contributed by atoms with Crippen molar-refractivity contribution in [2.75, 3.05) is 39.1 Å². The molecule has 4 rings (SSSR count). The number of fused-ring (bicyclic) bond motifs is 4. The molecule has 3 aliphatic rings. The summed E-state index contributed by atoms with van der Waals surface area (Å²) in [6.07, 6.45) is 4.15. The number of hydrogen-bond donors (Lipinski definition) is 0. The van der Waals surface area contributed by atoms with E-state index in [0.29, 0.717) is 18.5 Å². The standard InChI is InChI=1S/C20H30N2O3S/c1-15-5-6-16-7-9-21-14-17-4-3-8-22(26(23,24)11-10-25-2)19(17)13-20(21)18(16)12-15/h5-6,12,17,19-20H,3-4,7-11,13-14H2,1-2H3/t17-,19+,20-/m1/s1. The third-order valence-electron chi connectivity index (χ3n) is 6.47. The molecule has 0 radical (unpaired) electrons. The maximum absolute atomic E-state index is 12.9. The predicted octanol–water partition coefficient (Wildman–Crippen LogP) is 2.35. The lowest BCUT2D eigenvalue weighted by molar-refractivity contribution is 0.0218. The number of hydrogen-bond acceptors (Lipinski definition) is 4. The topological polar surface area (TPSA) is 49.9 Å². The predicted molar refractivity (Wildman–Crippen MR) is 103 cm³/mol. The highest BCUT2D eigenvalue weighted by Crippen LogP contribution is 2.43. The van der Waals surface area contributed by atoms with E-state index >= 15 is 0 Å². The Bertz CT molecular complexity index is 764. The molecule has 2 fully saturated rings. The summed E-state index contributed by atoms with van der Waals surface area (Å²) in [7, 11) is -1.69. The van der Waals surface area contributed by atoms with Crippen molar-refractivity contribution in [3.8, 4) is 0 Å². The largest absolute Gasteiger partial charge is 0.384 e. The van der Waals surface area contributed by atoms with Crippen molar-refractivity contribution in [1.82, 2.24) is 9.21 Å².